The van der Waals surface area contributed by atoms with Gasteiger partial charge in [0, 0.05) is 12.0 Å². The van der Waals surface area contributed by atoms with Crippen molar-refractivity contribution in [2.75, 3.05) is 13.7 Å². The number of fused-ring (bicyclic) bond motifs is 1. The van der Waals surface area contributed by atoms with Crippen LogP contribution in [0.4, 0.5) is 0 Å². The normalized spacial score (nSPS) is 31.3. The molecule has 0 saturated heterocycles. The minimum atomic E-state index is -1.00. The van der Waals surface area contributed by atoms with Gasteiger partial charge < -0.3 is 9.47 Å². The molecule has 2 rings (SSSR count). The lowest BCUT2D eigenvalue weighted by atomic mass is 9.72. The van der Waals surface area contributed by atoms with E-state index in [9.17, 15) is 9.59 Å². The van der Waals surface area contributed by atoms with E-state index < -0.39 is 11.4 Å². The van der Waals surface area contributed by atoms with Crippen LogP contribution >= 0.6 is 0 Å². The molecule has 0 bridgehead atoms. The lowest BCUT2D eigenvalue weighted by Crippen LogP contribution is -2.42. The number of carbonyl (C=O) groups excluding carboxylic acids is 2. The van der Waals surface area contributed by atoms with Crippen molar-refractivity contribution in [1.82, 2.24) is 0 Å². The molecule has 4 nitrogen and oxygen atoms in total. The summed E-state index contributed by atoms with van der Waals surface area (Å²) < 4.78 is 10.4. The molecule has 100 valence electrons. The summed E-state index contributed by atoms with van der Waals surface area (Å²) in [6.07, 6.45) is 5.90. The Bertz CT molecular complexity index is 385. The smallest absolute Gasteiger partial charge is 0.320 e. The van der Waals surface area contributed by atoms with Crippen molar-refractivity contribution in [3.63, 3.8) is 0 Å². The molecule has 0 spiro atoms. The number of hydrogen-bond donors (Lipinski definition) is 0. The van der Waals surface area contributed by atoms with Crippen LogP contribution in [0.3, 0.4) is 0 Å². The Morgan fingerprint density at radius 1 is 1.44 bits per heavy atom. The topological polar surface area (TPSA) is 52.6 Å². The fourth-order valence-electron chi connectivity index (χ4n) is 3.22. The molecule has 0 unspecified atom stereocenters. The Kier molecular flexibility index (Phi) is 3.73. The van der Waals surface area contributed by atoms with Crippen LogP contribution in [-0.2, 0) is 19.1 Å². The zero-order chi connectivity index (χ0) is 13.2. The molecule has 0 aromatic heterocycles. The zero-order valence-corrected chi connectivity index (χ0v) is 11.0. The van der Waals surface area contributed by atoms with Crippen LogP contribution in [0.15, 0.2) is 11.8 Å². The van der Waals surface area contributed by atoms with Crippen molar-refractivity contribution in [2.45, 2.75) is 39.0 Å². The van der Waals surface area contributed by atoms with Gasteiger partial charge in [0.1, 0.15) is 11.2 Å². The maximum absolute atomic E-state index is 12.3. The molecule has 0 aromatic carbocycles. The van der Waals surface area contributed by atoms with Crippen molar-refractivity contribution < 1.29 is 19.1 Å². The van der Waals surface area contributed by atoms with Gasteiger partial charge in [0.05, 0.1) is 13.7 Å². The number of rotatable bonds is 3. The zero-order valence-electron chi connectivity index (χ0n) is 11.0. The standard InChI is InChI=1S/C14H20O4/c1-3-18-11-9-12(15)14(13(16)17-2)8-6-4-5-7-10(11)14/h9-10H,3-8H2,1-2H3/t10-,14-/m1/s1. The first-order valence-corrected chi connectivity index (χ1v) is 6.64. The number of hydrogen-bond acceptors (Lipinski definition) is 4. The third-order valence-electron chi connectivity index (χ3n) is 4.08. The highest BCUT2D eigenvalue weighted by molar-refractivity contribution is 6.12. The second-order valence-electron chi connectivity index (χ2n) is 4.96. The molecular weight excluding hydrogens is 232 g/mol. The van der Waals surface area contributed by atoms with Crippen LogP contribution in [0.5, 0.6) is 0 Å². The Morgan fingerprint density at radius 3 is 2.89 bits per heavy atom. The first-order valence-electron chi connectivity index (χ1n) is 6.64. The monoisotopic (exact) mass is 252 g/mol. The molecule has 0 N–H and O–H groups in total. The fraction of sp³-hybridized carbons (Fsp3) is 0.714. The molecule has 2 aliphatic carbocycles. The van der Waals surface area contributed by atoms with Crippen molar-refractivity contribution in [1.29, 1.82) is 0 Å². The average Bonchev–Trinajstić information content (AvgIpc) is 2.56. The summed E-state index contributed by atoms with van der Waals surface area (Å²) in [5.74, 6) is 0.0183. The fourth-order valence-corrected chi connectivity index (χ4v) is 3.22. The number of ether oxygens (including phenoxy) is 2. The molecule has 1 saturated carbocycles. The Balaban J connectivity index is 2.38. The number of allylic oxidation sites excluding steroid dienone is 2. The van der Waals surface area contributed by atoms with E-state index in [1.165, 1.54) is 13.2 Å². The van der Waals surface area contributed by atoms with Gasteiger partial charge >= 0.3 is 5.97 Å². The van der Waals surface area contributed by atoms with Crippen molar-refractivity contribution in [3.8, 4) is 0 Å². The molecule has 0 aromatic rings. The minimum absolute atomic E-state index is 0.125. The Hall–Kier alpha value is -1.32. The molecule has 2 aliphatic rings. The van der Waals surface area contributed by atoms with Gasteiger partial charge in [0.25, 0.3) is 0 Å². The van der Waals surface area contributed by atoms with Gasteiger partial charge in [-0.15, -0.1) is 0 Å². The summed E-state index contributed by atoms with van der Waals surface area (Å²) in [5.41, 5.74) is -1.00. The highest BCUT2D eigenvalue weighted by atomic mass is 16.5. The average molecular weight is 252 g/mol. The molecule has 1 fully saturated rings. The summed E-state index contributed by atoms with van der Waals surface area (Å²) in [6, 6.07) is 0. The first kappa shape index (κ1) is 13.1. The maximum atomic E-state index is 12.3. The van der Waals surface area contributed by atoms with Crippen LogP contribution in [-0.4, -0.2) is 25.5 Å². The highest BCUT2D eigenvalue weighted by Gasteiger charge is 2.57. The van der Waals surface area contributed by atoms with Crippen molar-refractivity contribution >= 4 is 11.8 Å². The van der Waals surface area contributed by atoms with Gasteiger partial charge in [0.2, 0.25) is 0 Å². The number of ketones is 1. The molecule has 4 heteroatoms. The molecule has 0 amide bonds. The van der Waals surface area contributed by atoms with Gasteiger partial charge in [-0.3, -0.25) is 9.59 Å². The van der Waals surface area contributed by atoms with E-state index in [2.05, 4.69) is 0 Å². The van der Waals surface area contributed by atoms with Crippen LogP contribution in [0.25, 0.3) is 0 Å². The van der Waals surface area contributed by atoms with Crippen molar-refractivity contribution in [2.24, 2.45) is 11.3 Å². The minimum Gasteiger partial charge on any atom is -0.498 e. The van der Waals surface area contributed by atoms with Crippen LogP contribution < -0.4 is 0 Å². The largest absolute Gasteiger partial charge is 0.498 e. The number of carbonyl (C=O) groups is 2. The van der Waals surface area contributed by atoms with Gasteiger partial charge in [-0.2, -0.15) is 0 Å². The second-order valence-corrected chi connectivity index (χ2v) is 4.96. The Morgan fingerprint density at radius 2 is 2.22 bits per heavy atom. The van der Waals surface area contributed by atoms with Gasteiger partial charge in [-0.1, -0.05) is 19.3 Å². The summed E-state index contributed by atoms with van der Waals surface area (Å²) in [4.78, 5) is 24.5. The third kappa shape index (κ3) is 1.84. The van der Waals surface area contributed by atoms with E-state index in [1.54, 1.807) is 0 Å². The van der Waals surface area contributed by atoms with Crippen LogP contribution in [0.1, 0.15) is 39.0 Å². The predicted molar refractivity (Wildman–Crippen MR) is 65.7 cm³/mol. The van der Waals surface area contributed by atoms with E-state index in [1.807, 2.05) is 6.92 Å². The van der Waals surface area contributed by atoms with E-state index >= 15 is 0 Å². The summed E-state index contributed by atoms with van der Waals surface area (Å²) in [5, 5.41) is 0. The molecule has 0 radical (unpaired) electrons. The maximum Gasteiger partial charge on any atom is 0.320 e. The van der Waals surface area contributed by atoms with Crippen LogP contribution in [0, 0.1) is 11.3 Å². The van der Waals surface area contributed by atoms with E-state index in [0.717, 1.165) is 25.7 Å². The Labute approximate surface area is 107 Å². The third-order valence-corrected chi connectivity index (χ3v) is 4.08. The van der Waals surface area contributed by atoms with E-state index in [0.29, 0.717) is 18.8 Å². The summed E-state index contributed by atoms with van der Waals surface area (Å²) >= 11 is 0. The first-order chi connectivity index (χ1) is 8.66. The second kappa shape index (κ2) is 5.12. The van der Waals surface area contributed by atoms with Gasteiger partial charge in [0.15, 0.2) is 5.78 Å². The molecule has 0 heterocycles. The molecule has 0 aliphatic heterocycles. The predicted octanol–water partition coefficient (Wildman–Crippen LogP) is 2.23. The number of esters is 1. The lowest BCUT2D eigenvalue weighted by Gasteiger charge is -2.30. The SMILES string of the molecule is CCOC1=CC(=O)[C@@]2(C(=O)OC)CCCCC[C@H]12. The number of methoxy groups -OCH3 is 1. The summed E-state index contributed by atoms with van der Waals surface area (Å²) in [7, 11) is 1.35. The highest BCUT2D eigenvalue weighted by Crippen LogP contribution is 2.50. The summed E-state index contributed by atoms with van der Waals surface area (Å²) in [6.45, 7) is 2.41. The quantitative estimate of drug-likeness (QED) is 0.571. The van der Waals surface area contributed by atoms with Gasteiger partial charge in [-0.05, 0) is 19.8 Å². The molecule has 2 atom stereocenters. The molecular formula is C14H20O4. The lowest BCUT2D eigenvalue weighted by molar-refractivity contribution is -0.159. The van der Waals surface area contributed by atoms with Crippen molar-refractivity contribution in [3.05, 3.63) is 11.8 Å². The van der Waals surface area contributed by atoms with E-state index in [4.69, 9.17) is 9.47 Å². The van der Waals surface area contributed by atoms with Gasteiger partial charge in [-0.25, -0.2) is 0 Å². The van der Waals surface area contributed by atoms with Crippen LogP contribution in [0.2, 0.25) is 0 Å². The molecule has 18 heavy (non-hydrogen) atoms. The van der Waals surface area contributed by atoms with E-state index in [-0.39, 0.29) is 11.7 Å².